The van der Waals surface area contributed by atoms with E-state index >= 15 is 0 Å². The predicted octanol–water partition coefficient (Wildman–Crippen LogP) is 5.60. The summed E-state index contributed by atoms with van der Waals surface area (Å²) in [5, 5.41) is 4.67. The smallest absolute Gasteiger partial charge is 0.255 e. The van der Waals surface area contributed by atoms with E-state index in [0.29, 0.717) is 43.4 Å². The number of hydrogen-bond donors (Lipinski definition) is 1. The Hall–Kier alpha value is -3.97. The van der Waals surface area contributed by atoms with Gasteiger partial charge in [-0.1, -0.05) is 24.3 Å². The third-order valence-corrected chi connectivity index (χ3v) is 6.13. The van der Waals surface area contributed by atoms with Gasteiger partial charge in [0.05, 0.1) is 13.2 Å². The molecule has 4 aromatic rings. The number of nitrogens with zero attached hydrogens (tertiary/aromatic N) is 2. The highest BCUT2D eigenvalue weighted by Gasteiger charge is 2.17. The molecule has 178 valence electrons. The molecule has 0 aliphatic carbocycles. The van der Waals surface area contributed by atoms with Crippen LogP contribution >= 0.6 is 0 Å². The van der Waals surface area contributed by atoms with Crippen LogP contribution < -0.4 is 15.0 Å². The van der Waals surface area contributed by atoms with E-state index in [1.54, 1.807) is 18.5 Å². The number of pyridine rings is 1. The van der Waals surface area contributed by atoms with Crippen LogP contribution in [0.15, 0.2) is 79.1 Å². The van der Waals surface area contributed by atoms with Crippen LogP contribution in [0.2, 0.25) is 0 Å². The minimum atomic E-state index is -0.446. The van der Waals surface area contributed by atoms with E-state index < -0.39 is 5.82 Å². The van der Waals surface area contributed by atoms with E-state index in [1.807, 2.05) is 60.4 Å². The Morgan fingerprint density at radius 1 is 1.03 bits per heavy atom. The molecule has 1 amide bonds. The number of hydrogen-bond acceptors (Lipinski definition) is 5. The number of rotatable bonds is 6. The average molecular weight is 472 g/mol. The van der Waals surface area contributed by atoms with Crippen molar-refractivity contribution in [3.05, 3.63) is 96.1 Å². The van der Waals surface area contributed by atoms with E-state index in [1.165, 1.54) is 12.1 Å². The van der Waals surface area contributed by atoms with Gasteiger partial charge in [-0.25, -0.2) is 4.39 Å². The molecule has 1 aliphatic heterocycles. The summed E-state index contributed by atoms with van der Waals surface area (Å²) in [6.07, 6.45) is 3.30. The fourth-order valence-corrected chi connectivity index (χ4v) is 4.28. The zero-order valence-electron chi connectivity index (χ0n) is 19.4. The van der Waals surface area contributed by atoms with Crippen molar-refractivity contribution in [3.63, 3.8) is 0 Å². The molecule has 5 rings (SSSR count). The van der Waals surface area contributed by atoms with Crippen LogP contribution in [-0.2, 0) is 4.74 Å². The number of morpholine rings is 1. The zero-order valence-corrected chi connectivity index (χ0v) is 19.4. The Bertz CT molecular complexity index is 1340. The van der Waals surface area contributed by atoms with E-state index in [-0.39, 0.29) is 17.6 Å². The Morgan fingerprint density at radius 3 is 2.54 bits per heavy atom. The zero-order chi connectivity index (χ0) is 24.2. The average Bonchev–Trinajstić information content (AvgIpc) is 2.90. The monoisotopic (exact) mass is 471 g/mol. The first-order valence-electron chi connectivity index (χ1n) is 11.6. The van der Waals surface area contributed by atoms with Crippen molar-refractivity contribution in [2.24, 2.45) is 0 Å². The molecule has 0 saturated carbocycles. The van der Waals surface area contributed by atoms with Gasteiger partial charge in [-0.2, -0.15) is 0 Å². The number of ether oxygens (including phenoxy) is 2. The lowest BCUT2D eigenvalue weighted by atomic mass is 10.1. The van der Waals surface area contributed by atoms with Crippen molar-refractivity contribution in [2.75, 3.05) is 36.5 Å². The summed E-state index contributed by atoms with van der Waals surface area (Å²) < 4.78 is 26.0. The van der Waals surface area contributed by atoms with Crippen molar-refractivity contribution in [2.45, 2.75) is 13.0 Å². The number of halogens is 1. The SMILES string of the molecule is CC(Oc1ccc(NC(=O)c2cc(F)cc(N3CCOCC3)c2)c2ccccc12)c1ccncc1. The van der Waals surface area contributed by atoms with Crippen molar-refractivity contribution in [1.82, 2.24) is 4.98 Å². The van der Waals surface area contributed by atoms with Gasteiger partial charge in [-0.15, -0.1) is 0 Å². The number of carbonyl (C=O) groups is 1. The van der Waals surface area contributed by atoms with Gasteiger partial charge in [0.2, 0.25) is 0 Å². The molecule has 0 radical (unpaired) electrons. The number of nitrogens with one attached hydrogen (secondary N) is 1. The molecule has 3 aromatic carbocycles. The molecular weight excluding hydrogens is 445 g/mol. The number of carbonyl (C=O) groups excluding carboxylic acids is 1. The predicted molar refractivity (Wildman–Crippen MR) is 135 cm³/mol. The number of aromatic nitrogens is 1. The van der Waals surface area contributed by atoms with E-state index in [2.05, 4.69) is 10.3 Å². The quantitative estimate of drug-likeness (QED) is 0.396. The number of benzene rings is 3. The first-order chi connectivity index (χ1) is 17.1. The number of anilines is 2. The van der Waals surface area contributed by atoms with Crippen molar-refractivity contribution in [1.29, 1.82) is 0 Å². The second-order valence-electron chi connectivity index (χ2n) is 8.45. The van der Waals surface area contributed by atoms with Gasteiger partial charge >= 0.3 is 0 Å². The Labute approximate surface area is 203 Å². The van der Waals surface area contributed by atoms with Gasteiger partial charge in [-0.05, 0) is 55.0 Å². The van der Waals surface area contributed by atoms with Crippen molar-refractivity contribution >= 4 is 28.1 Å². The third kappa shape index (κ3) is 5.10. The highest BCUT2D eigenvalue weighted by molar-refractivity contribution is 6.10. The molecular formula is C28H26FN3O3. The molecule has 1 atom stereocenters. The fourth-order valence-electron chi connectivity index (χ4n) is 4.28. The highest BCUT2D eigenvalue weighted by atomic mass is 19.1. The maximum Gasteiger partial charge on any atom is 0.255 e. The van der Waals surface area contributed by atoms with Gasteiger partial charge < -0.3 is 19.7 Å². The lowest BCUT2D eigenvalue weighted by Crippen LogP contribution is -2.36. The lowest BCUT2D eigenvalue weighted by molar-refractivity contribution is 0.102. The maximum absolute atomic E-state index is 14.4. The molecule has 1 fully saturated rings. The molecule has 7 heteroatoms. The van der Waals surface area contributed by atoms with Crippen LogP contribution in [0.3, 0.4) is 0 Å². The fraction of sp³-hybridized carbons (Fsp3) is 0.214. The molecule has 1 N–H and O–H groups in total. The van der Waals surface area contributed by atoms with Crippen LogP contribution in [0.5, 0.6) is 5.75 Å². The second-order valence-corrected chi connectivity index (χ2v) is 8.45. The molecule has 6 nitrogen and oxygen atoms in total. The van der Waals surface area contributed by atoms with Gasteiger partial charge in [0.25, 0.3) is 5.91 Å². The van der Waals surface area contributed by atoms with E-state index in [0.717, 1.165) is 16.3 Å². The molecule has 1 aromatic heterocycles. The van der Waals surface area contributed by atoms with E-state index in [4.69, 9.17) is 9.47 Å². The van der Waals surface area contributed by atoms with Gasteiger partial charge in [0, 0.05) is 53.2 Å². The minimum absolute atomic E-state index is 0.173. The largest absolute Gasteiger partial charge is 0.485 e. The molecule has 0 bridgehead atoms. The van der Waals surface area contributed by atoms with Crippen molar-refractivity contribution in [3.8, 4) is 5.75 Å². The normalized spacial score (nSPS) is 14.5. The summed E-state index contributed by atoms with van der Waals surface area (Å²) in [4.78, 5) is 19.2. The Kier molecular flexibility index (Phi) is 6.59. The first-order valence-corrected chi connectivity index (χ1v) is 11.6. The molecule has 1 aliphatic rings. The van der Waals surface area contributed by atoms with Crippen LogP contribution in [0.4, 0.5) is 15.8 Å². The summed E-state index contributed by atoms with van der Waals surface area (Å²) in [6.45, 7) is 4.47. The van der Waals surface area contributed by atoms with E-state index in [9.17, 15) is 9.18 Å². The number of fused-ring (bicyclic) bond motifs is 1. The summed E-state index contributed by atoms with van der Waals surface area (Å²) in [6, 6.07) is 19.7. The van der Waals surface area contributed by atoms with Crippen LogP contribution in [0.25, 0.3) is 10.8 Å². The maximum atomic E-state index is 14.4. The topological polar surface area (TPSA) is 63.7 Å². The molecule has 2 heterocycles. The van der Waals surface area contributed by atoms with Crippen LogP contribution in [-0.4, -0.2) is 37.2 Å². The Morgan fingerprint density at radius 2 is 1.77 bits per heavy atom. The lowest BCUT2D eigenvalue weighted by Gasteiger charge is -2.29. The molecule has 0 spiro atoms. The summed E-state index contributed by atoms with van der Waals surface area (Å²) >= 11 is 0. The van der Waals surface area contributed by atoms with Crippen LogP contribution in [0, 0.1) is 5.82 Å². The Balaban J connectivity index is 1.40. The summed E-state index contributed by atoms with van der Waals surface area (Å²) in [5.41, 5.74) is 2.59. The standard InChI is InChI=1S/C28H26FN3O3/c1-19(20-8-10-30-11-9-20)35-27-7-6-26(24-4-2-3-5-25(24)27)31-28(33)21-16-22(29)18-23(17-21)32-12-14-34-15-13-32/h2-11,16-19H,12-15H2,1H3,(H,31,33). The summed E-state index contributed by atoms with van der Waals surface area (Å²) in [7, 11) is 0. The molecule has 35 heavy (non-hydrogen) atoms. The summed E-state index contributed by atoms with van der Waals surface area (Å²) in [5.74, 6) is -0.107. The minimum Gasteiger partial charge on any atom is -0.485 e. The highest BCUT2D eigenvalue weighted by Crippen LogP contribution is 2.34. The molecule has 1 saturated heterocycles. The third-order valence-electron chi connectivity index (χ3n) is 6.13. The first kappa shape index (κ1) is 22.8. The van der Waals surface area contributed by atoms with Crippen molar-refractivity contribution < 1.29 is 18.7 Å². The van der Waals surface area contributed by atoms with Gasteiger partial charge in [0.1, 0.15) is 17.7 Å². The second kappa shape index (κ2) is 10.1. The molecule has 1 unspecified atom stereocenters. The van der Waals surface area contributed by atoms with Gasteiger partial charge in [-0.3, -0.25) is 9.78 Å². The van der Waals surface area contributed by atoms with Crippen LogP contribution in [0.1, 0.15) is 28.9 Å². The van der Waals surface area contributed by atoms with Gasteiger partial charge in [0.15, 0.2) is 0 Å². The number of amides is 1.